The summed E-state index contributed by atoms with van der Waals surface area (Å²) in [4.78, 5) is 0. The summed E-state index contributed by atoms with van der Waals surface area (Å²) in [6.07, 6.45) is 18.8. The predicted octanol–water partition coefficient (Wildman–Crippen LogP) is 9.32. The second kappa shape index (κ2) is 11.2. The molecule has 0 spiro atoms. The van der Waals surface area contributed by atoms with Gasteiger partial charge in [-0.3, -0.25) is 0 Å². The number of rotatable bonds is 12. The fraction of sp³-hybridized carbons (Fsp3) is 0.562. The lowest BCUT2D eigenvalue weighted by atomic mass is 9.85. The normalized spacial score (nSPS) is 21.8. The minimum absolute atomic E-state index is 0.115. The van der Waals surface area contributed by atoms with Gasteiger partial charge in [-0.05, 0) is 95.7 Å². The topological polar surface area (TPSA) is 12.5 Å². The number of unbranched alkanes of at least 4 members (excludes halogenated alkanes) is 6. The zero-order chi connectivity index (χ0) is 23.3. The van der Waals surface area contributed by atoms with Crippen molar-refractivity contribution in [3.05, 3.63) is 59.4 Å². The molecule has 1 heterocycles. The Balaban J connectivity index is 1.27. The summed E-state index contributed by atoms with van der Waals surface area (Å²) in [5.41, 5.74) is 2.77. The van der Waals surface area contributed by atoms with Gasteiger partial charge in [0, 0.05) is 0 Å². The van der Waals surface area contributed by atoms with Crippen molar-refractivity contribution in [3.8, 4) is 0 Å². The van der Waals surface area contributed by atoms with Crippen molar-refractivity contribution in [2.75, 3.05) is 0 Å². The largest absolute Gasteiger partial charge is 0.370 e. The molecular formula is C32H41FO. The lowest BCUT2D eigenvalue weighted by Gasteiger charge is -2.19. The number of aryl methyl sites for hydroxylation is 2. The van der Waals surface area contributed by atoms with Gasteiger partial charge in [-0.1, -0.05) is 82.2 Å². The number of hydrogen-bond acceptors (Lipinski definition) is 1. The van der Waals surface area contributed by atoms with Crippen molar-refractivity contribution in [1.82, 2.24) is 0 Å². The third kappa shape index (κ3) is 5.48. The highest BCUT2D eigenvalue weighted by Crippen LogP contribution is 2.41. The Morgan fingerprint density at radius 3 is 2.15 bits per heavy atom. The first kappa shape index (κ1) is 23.8. The number of epoxide rings is 1. The Kier molecular flexibility index (Phi) is 7.84. The monoisotopic (exact) mass is 460 g/mol. The second-order valence-electron chi connectivity index (χ2n) is 10.8. The number of ether oxygens (including phenoxy) is 1. The molecule has 1 saturated carbocycles. The van der Waals surface area contributed by atoms with Gasteiger partial charge in [-0.15, -0.1) is 0 Å². The van der Waals surface area contributed by atoms with Crippen LogP contribution in [0.15, 0.2) is 42.5 Å². The van der Waals surface area contributed by atoms with Crippen LogP contribution in [0.1, 0.15) is 95.1 Å². The summed E-state index contributed by atoms with van der Waals surface area (Å²) < 4.78 is 20.1. The molecule has 182 valence electrons. The van der Waals surface area contributed by atoms with Gasteiger partial charge >= 0.3 is 0 Å². The second-order valence-corrected chi connectivity index (χ2v) is 10.8. The molecule has 2 aliphatic rings. The Hall–Kier alpha value is -1.93. The first-order chi connectivity index (χ1) is 16.7. The first-order valence-corrected chi connectivity index (χ1v) is 14.0. The molecule has 0 aromatic heterocycles. The molecule has 3 unspecified atom stereocenters. The Morgan fingerprint density at radius 1 is 0.735 bits per heavy atom. The quantitative estimate of drug-likeness (QED) is 0.149. The summed E-state index contributed by atoms with van der Waals surface area (Å²) >= 11 is 0. The zero-order valence-electron chi connectivity index (χ0n) is 21.0. The van der Waals surface area contributed by atoms with E-state index in [1.807, 2.05) is 6.07 Å². The van der Waals surface area contributed by atoms with E-state index in [-0.39, 0.29) is 5.82 Å². The molecule has 2 heteroatoms. The van der Waals surface area contributed by atoms with Gasteiger partial charge in [0.2, 0.25) is 0 Å². The Bertz CT molecular complexity index is 1100. The van der Waals surface area contributed by atoms with Crippen LogP contribution in [-0.2, 0) is 17.6 Å². The van der Waals surface area contributed by atoms with E-state index in [1.54, 1.807) is 12.1 Å². The van der Waals surface area contributed by atoms with E-state index in [2.05, 4.69) is 31.2 Å². The van der Waals surface area contributed by atoms with Crippen LogP contribution in [0.2, 0.25) is 0 Å². The molecule has 0 amide bonds. The molecule has 34 heavy (non-hydrogen) atoms. The minimum Gasteiger partial charge on any atom is -0.370 e. The van der Waals surface area contributed by atoms with Gasteiger partial charge in [-0.2, -0.15) is 0 Å². The summed E-state index contributed by atoms with van der Waals surface area (Å²) in [6.45, 7) is 2.26. The maximum absolute atomic E-state index is 14.4. The molecule has 0 bridgehead atoms. The van der Waals surface area contributed by atoms with E-state index in [9.17, 15) is 4.39 Å². The third-order valence-electron chi connectivity index (χ3n) is 8.39. The maximum Gasteiger partial charge on any atom is 0.123 e. The lowest BCUT2D eigenvalue weighted by Crippen LogP contribution is -2.13. The SMILES string of the molecule is CCCCCCc1c2ccccc2c(CCCCCCC2CCC3OC3C2)c2cc(F)ccc12. The molecule has 1 saturated heterocycles. The van der Waals surface area contributed by atoms with Crippen LogP contribution >= 0.6 is 0 Å². The average Bonchev–Trinajstić information content (AvgIpc) is 3.63. The lowest BCUT2D eigenvalue weighted by molar-refractivity contribution is 0.343. The van der Waals surface area contributed by atoms with Crippen molar-refractivity contribution in [1.29, 1.82) is 0 Å². The molecule has 5 rings (SSSR count). The fourth-order valence-corrected chi connectivity index (χ4v) is 6.43. The molecule has 0 N–H and O–H groups in total. The van der Waals surface area contributed by atoms with Crippen LogP contribution in [0.5, 0.6) is 0 Å². The highest BCUT2D eigenvalue weighted by molar-refractivity contribution is 6.05. The van der Waals surface area contributed by atoms with Crippen molar-refractivity contribution in [2.24, 2.45) is 5.92 Å². The summed E-state index contributed by atoms with van der Waals surface area (Å²) in [5.74, 6) is 0.778. The van der Waals surface area contributed by atoms with Gasteiger partial charge in [-0.25, -0.2) is 4.39 Å². The van der Waals surface area contributed by atoms with Gasteiger partial charge in [0.15, 0.2) is 0 Å². The Morgan fingerprint density at radius 2 is 1.41 bits per heavy atom. The van der Waals surface area contributed by atoms with Crippen LogP contribution in [0.4, 0.5) is 4.39 Å². The van der Waals surface area contributed by atoms with Crippen molar-refractivity contribution in [2.45, 2.75) is 109 Å². The maximum atomic E-state index is 14.4. The van der Waals surface area contributed by atoms with E-state index < -0.39 is 0 Å². The molecule has 1 nitrogen and oxygen atoms in total. The van der Waals surface area contributed by atoms with Crippen LogP contribution in [0.25, 0.3) is 21.5 Å². The molecule has 3 aromatic rings. The van der Waals surface area contributed by atoms with E-state index in [0.29, 0.717) is 12.2 Å². The van der Waals surface area contributed by atoms with Gasteiger partial charge in [0.05, 0.1) is 12.2 Å². The number of fused-ring (bicyclic) bond motifs is 3. The average molecular weight is 461 g/mol. The van der Waals surface area contributed by atoms with E-state index in [1.165, 1.54) is 104 Å². The smallest absolute Gasteiger partial charge is 0.123 e. The van der Waals surface area contributed by atoms with E-state index >= 15 is 0 Å². The third-order valence-corrected chi connectivity index (χ3v) is 8.39. The van der Waals surface area contributed by atoms with Gasteiger partial charge in [0.1, 0.15) is 5.82 Å². The molecule has 3 aromatic carbocycles. The van der Waals surface area contributed by atoms with Crippen molar-refractivity contribution in [3.63, 3.8) is 0 Å². The number of benzene rings is 3. The number of hydrogen-bond donors (Lipinski definition) is 0. The van der Waals surface area contributed by atoms with Crippen LogP contribution in [0.3, 0.4) is 0 Å². The summed E-state index contributed by atoms with van der Waals surface area (Å²) in [6, 6.07) is 14.3. The fourth-order valence-electron chi connectivity index (χ4n) is 6.43. The molecule has 1 aliphatic heterocycles. The molecule has 1 aliphatic carbocycles. The minimum atomic E-state index is -0.115. The zero-order valence-corrected chi connectivity index (χ0v) is 21.0. The van der Waals surface area contributed by atoms with E-state index in [4.69, 9.17) is 4.74 Å². The van der Waals surface area contributed by atoms with Gasteiger partial charge < -0.3 is 4.74 Å². The summed E-state index contributed by atoms with van der Waals surface area (Å²) in [7, 11) is 0. The van der Waals surface area contributed by atoms with Crippen LogP contribution in [-0.4, -0.2) is 12.2 Å². The molecular weight excluding hydrogens is 419 g/mol. The van der Waals surface area contributed by atoms with E-state index in [0.717, 1.165) is 24.1 Å². The molecule has 3 atom stereocenters. The molecule has 0 radical (unpaired) electrons. The van der Waals surface area contributed by atoms with Gasteiger partial charge in [0.25, 0.3) is 0 Å². The van der Waals surface area contributed by atoms with Crippen molar-refractivity contribution < 1.29 is 9.13 Å². The summed E-state index contributed by atoms with van der Waals surface area (Å²) in [5, 5.41) is 5.13. The first-order valence-electron chi connectivity index (χ1n) is 14.0. The Labute approximate surface area is 205 Å². The highest BCUT2D eigenvalue weighted by atomic mass is 19.1. The van der Waals surface area contributed by atoms with Crippen LogP contribution in [0, 0.1) is 11.7 Å². The number of halogens is 1. The highest BCUT2D eigenvalue weighted by Gasteiger charge is 2.43. The standard InChI is InChI=1S/C32H41FO/c1-2-3-4-8-13-27-25-15-10-11-16-26(25)28(30-22-24(33)18-19-29(27)30)14-9-6-5-7-12-23-17-20-31-32(21-23)34-31/h10-11,15-16,18-19,22-23,31-32H,2-9,12-14,17,20-21H2,1H3. The van der Waals surface area contributed by atoms with Crippen LogP contribution < -0.4 is 0 Å². The molecule has 2 fully saturated rings. The predicted molar refractivity (Wildman–Crippen MR) is 142 cm³/mol. The van der Waals surface area contributed by atoms with Crippen molar-refractivity contribution >= 4 is 21.5 Å².